The van der Waals surface area contributed by atoms with E-state index in [1.807, 2.05) is 71.5 Å². The monoisotopic (exact) mass is 525 g/mol. The van der Waals surface area contributed by atoms with Crippen LogP contribution in [0.5, 0.6) is 0 Å². The molecule has 182 valence electrons. The Bertz CT molecular complexity index is 1770. The average Bonchev–Trinajstić information content (AvgIpc) is 3.54. The van der Waals surface area contributed by atoms with Gasteiger partial charge in [0.15, 0.2) is 11.0 Å². The Labute approximate surface area is 219 Å². The molecule has 0 unspecified atom stereocenters. The first-order valence-electron chi connectivity index (χ1n) is 11.5. The second-order valence-electron chi connectivity index (χ2n) is 8.45. The molecule has 0 saturated heterocycles. The van der Waals surface area contributed by atoms with Gasteiger partial charge in [0.25, 0.3) is 5.56 Å². The van der Waals surface area contributed by atoms with Crippen molar-refractivity contribution in [2.75, 3.05) is 0 Å². The first-order chi connectivity index (χ1) is 18.1. The summed E-state index contributed by atoms with van der Waals surface area (Å²) in [5, 5.41) is 11.8. The molecule has 0 aliphatic carbocycles. The van der Waals surface area contributed by atoms with Gasteiger partial charge in [-0.05, 0) is 36.8 Å². The van der Waals surface area contributed by atoms with Crippen molar-refractivity contribution in [1.29, 1.82) is 0 Å². The second-order valence-corrected chi connectivity index (χ2v) is 10.3. The number of thiophene rings is 1. The fourth-order valence-corrected chi connectivity index (χ4v) is 5.92. The standard InChI is InChI=1S/C28H20FN5OS2/c1-17-11-13-19(14-12-17)34-25(20-9-5-6-10-22(20)29)32-33-28(34)37-16-23-30-26(35)24-21(15-36-27(24)31-23)18-7-3-2-4-8-18/h2-15H,16H2,1H3,(H,30,31,35). The van der Waals surface area contributed by atoms with Crippen LogP contribution in [0.15, 0.2) is 94.2 Å². The molecule has 3 aromatic carbocycles. The zero-order chi connectivity index (χ0) is 25.4. The van der Waals surface area contributed by atoms with E-state index >= 15 is 0 Å². The number of nitrogens with zero attached hydrogens (tertiary/aromatic N) is 4. The largest absolute Gasteiger partial charge is 0.309 e. The summed E-state index contributed by atoms with van der Waals surface area (Å²) in [6.45, 7) is 2.01. The highest BCUT2D eigenvalue weighted by Crippen LogP contribution is 2.33. The highest BCUT2D eigenvalue weighted by molar-refractivity contribution is 7.98. The Hall–Kier alpha value is -4.08. The van der Waals surface area contributed by atoms with Crippen molar-refractivity contribution in [2.45, 2.75) is 17.8 Å². The third-order valence-corrected chi connectivity index (χ3v) is 7.77. The van der Waals surface area contributed by atoms with Crippen molar-refractivity contribution < 1.29 is 4.39 Å². The number of aryl methyl sites for hydroxylation is 1. The molecular weight excluding hydrogens is 505 g/mol. The predicted molar refractivity (Wildman–Crippen MR) is 147 cm³/mol. The van der Waals surface area contributed by atoms with Gasteiger partial charge < -0.3 is 4.98 Å². The number of fused-ring (bicyclic) bond motifs is 1. The van der Waals surface area contributed by atoms with Crippen LogP contribution in [0.2, 0.25) is 0 Å². The topological polar surface area (TPSA) is 76.5 Å². The van der Waals surface area contributed by atoms with Gasteiger partial charge in [-0.2, -0.15) is 0 Å². The molecule has 6 nitrogen and oxygen atoms in total. The summed E-state index contributed by atoms with van der Waals surface area (Å²) in [7, 11) is 0. The van der Waals surface area contributed by atoms with Crippen LogP contribution in [-0.4, -0.2) is 24.7 Å². The van der Waals surface area contributed by atoms with E-state index in [2.05, 4.69) is 15.2 Å². The molecule has 0 fully saturated rings. The summed E-state index contributed by atoms with van der Waals surface area (Å²) in [5.74, 6) is 0.940. The molecule has 0 bridgehead atoms. The molecule has 1 N–H and O–H groups in total. The molecule has 37 heavy (non-hydrogen) atoms. The number of hydrogen-bond acceptors (Lipinski definition) is 6. The maximum absolute atomic E-state index is 14.7. The number of benzene rings is 3. The minimum atomic E-state index is -0.372. The molecule has 6 rings (SSSR count). The Morgan fingerprint density at radius 3 is 2.49 bits per heavy atom. The Morgan fingerprint density at radius 1 is 0.946 bits per heavy atom. The molecule has 9 heteroatoms. The van der Waals surface area contributed by atoms with Gasteiger partial charge in [0.2, 0.25) is 0 Å². The van der Waals surface area contributed by atoms with Crippen LogP contribution in [0.4, 0.5) is 4.39 Å². The summed E-state index contributed by atoms with van der Waals surface area (Å²) in [6.07, 6.45) is 0. The van der Waals surface area contributed by atoms with Gasteiger partial charge in [0, 0.05) is 16.6 Å². The highest BCUT2D eigenvalue weighted by Gasteiger charge is 2.20. The van der Waals surface area contributed by atoms with E-state index in [1.54, 1.807) is 18.2 Å². The summed E-state index contributed by atoms with van der Waals surface area (Å²) in [5.41, 5.74) is 3.98. The van der Waals surface area contributed by atoms with Crippen LogP contribution < -0.4 is 5.56 Å². The molecule has 0 spiro atoms. The van der Waals surface area contributed by atoms with Gasteiger partial charge in [0.1, 0.15) is 16.5 Å². The summed E-state index contributed by atoms with van der Waals surface area (Å²) < 4.78 is 16.5. The average molecular weight is 526 g/mol. The van der Waals surface area contributed by atoms with E-state index in [0.717, 1.165) is 22.4 Å². The van der Waals surface area contributed by atoms with Crippen molar-refractivity contribution in [2.24, 2.45) is 0 Å². The number of aromatic nitrogens is 5. The number of nitrogens with one attached hydrogen (secondary N) is 1. The lowest BCUT2D eigenvalue weighted by Gasteiger charge is -2.11. The first-order valence-corrected chi connectivity index (χ1v) is 13.4. The number of H-pyrrole nitrogens is 1. The molecule has 0 atom stereocenters. The maximum Gasteiger partial charge on any atom is 0.260 e. The van der Waals surface area contributed by atoms with Gasteiger partial charge in [-0.25, -0.2) is 9.37 Å². The summed E-state index contributed by atoms with van der Waals surface area (Å²) in [6, 6.07) is 24.2. The number of hydrogen-bond donors (Lipinski definition) is 1. The van der Waals surface area contributed by atoms with Crippen molar-refractivity contribution in [3.63, 3.8) is 0 Å². The molecule has 0 aliphatic heterocycles. The summed E-state index contributed by atoms with van der Waals surface area (Å²) in [4.78, 5) is 21.4. The quantitative estimate of drug-likeness (QED) is 0.247. The van der Waals surface area contributed by atoms with E-state index in [4.69, 9.17) is 4.98 Å². The zero-order valence-electron chi connectivity index (χ0n) is 19.7. The zero-order valence-corrected chi connectivity index (χ0v) is 21.3. The number of aromatic amines is 1. The normalized spacial score (nSPS) is 11.3. The fraction of sp³-hybridized carbons (Fsp3) is 0.0714. The lowest BCUT2D eigenvalue weighted by molar-refractivity contribution is 0.629. The van der Waals surface area contributed by atoms with Crippen molar-refractivity contribution in [3.8, 4) is 28.2 Å². The van der Waals surface area contributed by atoms with E-state index in [0.29, 0.717) is 38.3 Å². The van der Waals surface area contributed by atoms with Gasteiger partial charge in [-0.15, -0.1) is 21.5 Å². The molecule has 0 radical (unpaired) electrons. The van der Waals surface area contributed by atoms with Gasteiger partial charge >= 0.3 is 0 Å². The second kappa shape index (κ2) is 9.76. The Kier molecular flexibility index (Phi) is 6.15. The first kappa shape index (κ1) is 23.3. The van der Waals surface area contributed by atoms with Crippen molar-refractivity contribution >= 4 is 33.3 Å². The van der Waals surface area contributed by atoms with Crippen LogP contribution in [0.25, 0.3) is 38.4 Å². The molecule has 0 saturated carbocycles. The Morgan fingerprint density at radius 2 is 1.70 bits per heavy atom. The third-order valence-electron chi connectivity index (χ3n) is 5.96. The van der Waals surface area contributed by atoms with Crippen LogP contribution in [0, 0.1) is 12.7 Å². The fourth-order valence-electron chi connectivity index (χ4n) is 4.13. The third kappa shape index (κ3) is 4.47. The molecule has 6 aromatic rings. The SMILES string of the molecule is Cc1ccc(-n2c(SCc3nc4scc(-c5ccccc5)c4c(=O)[nH]3)nnc2-c2ccccc2F)cc1. The molecule has 0 amide bonds. The van der Waals surface area contributed by atoms with Crippen LogP contribution in [-0.2, 0) is 5.75 Å². The maximum atomic E-state index is 14.7. The van der Waals surface area contributed by atoms with Gasteiger partial charge in [-0.1, -0.05) is 71.9 Å². The molecule has 0 aliphatic rings. The Balaban J connectivity index is 1.36. The van der Waals surface area contributed by atoms with E-state index in [-0.39, 0.29) is 11.4 Å². The number of rotatable bonds is 6. The lowest BCUT2D eigenvalue weighted by Crippen LogP contribution is -2.11. The van der Waals surface area contributed by atoms with Crippen molar-refractivity contribution in [1.82, 2.24) is 24.7 Å². The number of thioether (sulfide) groups is 1. The predicted octanol–water partition coefficient (Wildman–Crippen LogP) is 6.64. The minimum Gasteiger partial charge on any atom is -0.309 e. The van der Waals surface area contributed by atoms with Crippen LogP contribution in [0.3, 0.4) is 0 Å². The lowest BCUT2D eigenvalue weighted by atomic mass is 10.1. The molecular formula is C28H20FN5OS2. The van der Waals surface area contributed by atoms with Crippen LogP contribution in [0.1, 0.15) is 11.4 Å². The highest BCUT2D eigenvalue weighted by atomic mass is 32.2. The van der Waals surface area contributed by atoms with Crippen molar-refractivity contribution in [3.05, 3.63) is 112 Å². The van der Waals surface area contributed by atoms with E-state index in [1.165, 1.54) is 29.2 Å². The van der Waals surface area contributed by atoms with Crippen LogP contribution >= 0.6 is 23.1 Å². The van der Waals surface area contributed by atoms with Gasteiger partial charge in [0.05, 0.1) is 16.7 Å². The van der Waals surface area contributed by atoms with E-state index in [9.17, 15) is 9.18 Å². The van der Waals surface area contributed by atoms with Gasteiger partial charge in [-0.3, -0.25) is 9.36 Å². The van der Waals surface area contributed by atoms with E-state index < -0.39 is 0 Å². The molecule has 3 heterocycles. The minimum absolute atomic E-state index is 0.173. The summed E-state index contributed by atoms with van der Waals surface area (Å²) >= 11 is 2.83. The number of halogens is 1. The molecule has 3 aromatic heterocycles. The smallest absolute Gasteiger partial charge is 0.260 e.